The molecule has 0 amide bonds. The molecule has 0 aromatic heterocycles. The van der Waals surface area contributed by atoms with Crippen LogP contribution in [-0.2, 0) is 14.3 Å². The van der Waals surface area contributed by atoms with Crippen LogP contribution in [-0.4, -0.2) is 61.4 Å². The van der Waals surface area contributed by atoms with Gasteiger partial charge in [-0.25, -0.2) is 0 Å². The maximum Gasteiger partial charge on any atom is 0.325 e. The number of carbonyl (C=O) groups is 1. The van der Waals surface area contributed by atoms with E-state index >= 15 is 0 Å². The maximum atomic E-state index is 12.1. The molecule has 0 aromatic carbocycles. The summed E-state index contributed by atoms with van der Waals surface area (Å²) >= 11 is 0. The van der Waals surface area contributed by atoms with Crippen LogP contribution >= 0.6 is 0 Å². The average Bonchev–Trinajstić information content (AvgIpc) is 3.21. The molecule has 3 fully saturated rings. The quantitative estimate of drug-likeness (QED) is 0.718. The first-order chi connectivity index (χ1) is 10.1. The van der Waals surface area contributed by atoms with Crippen molar-refractivity contribution in [3.8, 4) is 0 Å². The van der Waals surface area contributed by atoms with E-state index in [1.54, 1.807) is 0 Å². The summed E-state index contributed by atoms with van der Waals surface area (Å²) in [6.07, 6.45) is 7.53. The molecule has 2 heterocycles. The van der Waals surface area contributed by atoms with Crippen LogP contribution in [0.4, 0.5) is 0 Å². The van der Waals surface area contributed by atoms with Gasteiger partial charge in [-0.3, -0.25) is 15.0 Å². The molecule has 3 unspecified atom stereocenters. The Morgan fingerprint density at radius 2 is 1.95 bits per heavy atom. The van der Waals surface area contributed by atoms with Crippen molar-refractivity contribution in [1.82, 2.24) is 10.2 Å². The summed E-state index contributed by atoms with van der Waals surface area (Å²) < 4.78 is 10.9. The predicted octanol–water partition coefficient (Wildman–Crippen LogP) is 1.31. The highest BCUT2D eigenvalue weighted by Crippen LogP contribution is 2.28. The van der Waals surface area contributed by atoms with Crippen LogP contribution in [0.3, 0.4) is 0 Å². The molecule has 3 aliphatic rings. The topological polar surface area (TPSA) is 50.8 Å². The Morgan fingerprint density at radius 3 is 2.52 bits per heavy atom. The summed E-state index contributed by atoms with van der Waals surface area (Å²) in [5, 5.41) is 3.47. The van der Waals surface area contributed by atoms with Gasteiger partial charge in [0.2, 0.25) is 0 Å². The Balaban J connectivity index is 1.46. The van der Waals surface area contributed by atoms with Gasteiger partial charge >= 0.3 is 5.97 Å². The Labute approximate surface area is 127 Å². The summed E-state index contributed by atoms with van der Waals surface area (Å²) in [7, 11) is 1.48. The van der Waals surface area contributed by atoms with Crippen molar-refractivity contribution in [2.45, 2.75) is 69.2 Å². The number of ether oxygens (including phenoxy) is 2. The molecule has 5 heteroatoms. The van der Waals surface area contributed by atoms with Crippen LogP contribution in [0.1, 0.15) is 45.4 Å². The zero-order valence-corrected chi connectivity index (χ0v) is 13.3. The molecule has 3 atom stereocenters. The van der Waals surface area contributed by atoms with Gasteiger partial charge in [-0.1, -0.05) is 0 Å². The summed E-state index contributed by atoms with van der Waals surface area (Å²) in [5.41, 5.74) is -0.527. The van der Waals surface area contributed by atoms with Crippen LogP contribution in [0.25, 0.3) is 0 Å². The fourth-order valence-corrected chi connectivity index (χ4v) is 3.67. The number of morpholine rings is 1. The third-order valence-corrected chi connectivity index (χ3v) is 5.01. The van der Waals surface area contributed by atoms with E-state index < -0.39 is 5.54 Å². The van der Waals surface area contributed by atoms with E-state index in [2.05, 4.69) is 10.2 Å². The smallest absolute Gasteiger partial charge is 0.325 e. The Kier molecular flexibility index (Phi) is 4.52. The monoisotopic (exact) mass is 296 g/mol. The lowest BCUT2D eigenvalue weighted by Crippen LogP contribution is -2.51. The van der Waals surface area contributed by atoms with Gasteiger partial charge < -0.3 is 9.47 Å². The second kappa shape index (κ2) is 6.23. The number of hydrogen-bond donors (Lipinski definition) is 1. The van der Waals surface area contributed by atoms with Gasteiger partial charge in [-0.15, -0.1) is 0 Å². The number of carbonyl (C=O) groups excluding carboxylic acids is 1. The molecule has 3 rings (SSSR count). The molecule has 1 N–H and O–H groups in total. The van der Waals surface area contributed by atoms with Crippen LogP contribution in [0.15, 0.2) is 0 Å². The number of nitrogens with zero attached hydrogens (tertiary/aromatic N) is 1. The lowest BCUT2D eigenvalue weighted by atomic mass is 9.95. The highest BCUT2D eigenvalue weighted by atomic mass is 16.5. The van der Waals surface area contributed by atoms with Crippen LogP contribution < -0.4 is 5.32 Å². The van der Waals surface area contributed by atoms with E-state index in [0.717, 1.165) is 32.5 Å². The molecule has 1 saturated carbocycles. The van der Waals surface area contributed by atoms with Gasteiger partial charge in [0.1, 0.15) is 5.54 Å². The van der Waals surface area contributed by atoms with E-state index in [9.17, 15) is 4.79 Å². The van der Waals surface area contributed by atoms with Gasteiger partial charge in [-0.05, 0) is 52.0 Å². The summed E-state index contributed by atoms with van der Waals surface area (Å²) in [6.45, 7) is 5.15. The standard InChI is InChI=1S/C16H28N2O3/c1-16(15(19)20-2,17-12-4-5-12)8-3-9-18-10-13-6-7-14(11-18)21-13/h12-14,17H,3-11H2,1-2H3. The average molecular weight is 296 g/mol. The molecule has 120 valence electrons. The van der Waals surface area contributed by atoms with E-state index in [0.29, 0.717) is 18.2 Å². The molecule has 0 spiro atoms. The third kappa shape index (κ3) is 3.76. The van der Waals surface area contributed by atoms with Gasteiger partial charge in [0, 0.05) is 19.1 Å². The molecule has 2 aliphatic heterocycles. The first kappa shape index (κ1) is 15.3. The normalized spacial score (nSPS) is 31.9. The molecule has 0 radical (unpaired) electrons. The molecule has 2 saturated heterocycles. The molecule has 5 nitrogen and oxygen atoms in total. The predicted molar refractivity (Wildman–Crippen MR) is 80.1 cm³/mol. The first-order valence-corrected chi connectivity index (χ1v) is 8.33. The van der Waals surface area contributed by atoms with Crippen molar-refractivity contribution in [2.75, 3.05) is 26.7 Å². The van der Waals surface area contributed by atoms with E-state index in [-0.39, 0.29) is 5.97 Å². The minimum atomic E-state index is -0.527. The lowest BCUT2D eigenvalue weighted by Gasteiger charge is -2.33. The maximum absolute atomic E-state index is 12.1. The summed E-state index contributed by atoms with van der Waals surface area (Å²) in [5.74, 6) is -0.128. The number of esters is 1. The minimum Gasteiger partial charge on any atom is -0.468 e. The van der Waals surface area contributed by atoms with Crippen LogP contribution in [0, 0.1) is 0 Å². The minimum absolute atomic E-state index is 0.128. The largest absolute Gasteiger partial charge is 0.468 e. The van der Waals surface area contributed by atoms with Gasteiger partial charge in [0.25, 0.3) is 0 Å². The third-order valence-electron chi connectivity index (χ3n) is 5.01. The Morgan fingerprint density at radius 1 is 1.29 bits per heavy atom. The SMILES string of the molecule is COC(=O)C(C)(CCCN1CC2CCC(C1)O2)NC1CC1. The fourth-order valence-electron chi connectivity index (χ4n) is 3.67. The van der Waals surface area contributed by atoms with E-state index in [4.69, 9.17) is 9.47 Å². The number of hydrogen-bond acceptors (Lipinski definition) is 5. The molecule has 2 bridgehead atoms. The van der Waals surface area contributed by atoms with Crippen molar-refractivity contribution in [3.05, 3.63) is 0 Å². The van der Waals surface area contributed by atoms with Crippen LogP contribution in [0.5, 0.6) is 0 Å². The Bertz CT molecular complexity index is 374. The fraction of sp³-hybridized carbons (Fsp3) is 0.938. The van der Waals surface area contributed by atoms with Crippen molar-refractivity contribution in [2.24, 2.45) is 0 Å². The number of nitrogens with one attached hydrogen (secondary N) is 1. The number of rotatable bonds is 7. The summed E-state index contributed by atoms with van der Waals surface area (Å²) in [4.78, 5) is 14.6. The van der Waals surface area contributed by atoms with Crippen molar-refractivity contribution < 1.29 is 14.3 Å². The lowest BCUT2D eigenvalue weighted by molar-refractivity contribution is -0.148. The highest BCUT2D eigenvalue weighted by Gasteiger charge is 2.39. The summed E-state index contributed by atoms with van der Waals surface area (Å²) in [6, 6.07) is 0.508. The van der Waals surface area contributed by atoms with Crippen molar-refractivity contribution >= 4 is 5.97 Å². The van der Waals surface area contributed by atoms with E-state index in [1.165, 1.54) is 32.8 Å². The van der Waals surface area contributed by atoms with Gasteiger partial charge in [-0.2, -0.15) is 0 Å². The van der Waals surface area contributed by atoms with Crippen molar-refractivity contribution in [1.29, 1.82) is 0 Å². The van der Waals surface area contributed by atoms with Gasteiger partial charge in [0.05, 0.1) is 19.3 Å². The number of likely N-dealkylation sites (tertiary alicyclic amines) is 1. The molecule has 21 heavy (non-hydrogen) atoms. The molecular weight excluding hydrogens is 268 g/mol. The van der Waals surface area contributed by atoms with E-state index in [1.807, 2.05) is 6.92 Å². The highest BCUT2D eigenvalue weighted by molar-refractivity contribution is 5.80. The molecule has 0 aromatic rings. The van der Waals surface area contributed by atoms with Crippen molar-refractivity contribution in [3.63, 3.8) is 0 Å². The van der Waals surface area contributed by atoms with Gasteiger partial charge in [0.15, 0.2) is 0 Å². The number of fused-ring (bicyclic) bond motifs is 2. The second-order valence-electron chi connectivity index (χ2n) is 7.06. The molecular formula is C16H28N2O3. The zero-order valence-electron chi connectivity index (χ0n) is 13.3. The molecule has 1 aliphatic carbocycles. The zero-order chi connectivity index (χ0) is 14.9. The second-order valence-corrected chi connectivity index (χ2v) is 7.06. The van der Waals surface area contributed by atoms with Crippen LogP contribution in [0.2, 0.25) is 0 Å². The first-order valence-electron chi connectivity index (χ1n) is 8.33. The Hall–Kier alpha value is -0.650. The number of methoxy groups -OCH3 is 1.